The van der Waals surface area contributed by atoms with Crippen LogP contribution in [0.4, 0.5) is 5.69 Å². The number of rotatable bonds is 3. The number of fused-ring (bicyclic) bond motifs is 1. The number of imide groups is 1. The van der Waals surface area contributed by atoms with Gasteiger partial charge in [-0.25, -0.2) is 4.79 Å². The van der Waals surface area contributed by atoms with Crippen molar-refractivity contribution in [1.29, 1.82) is 0 Å². The first-order valence-electron chi connectivity index (χ1n) is 10.5. The number of amides is 3. The third-order valence-electron chi connectivity index (χ3n) is 7.24. The number of benzene rings is 1. The first-order chi connectivity index (χ1) is 13.9. The molecule has 3 fully saturated rings. The van der Waals surface area contributed by atoms with Gasteiger partial charge in [0.15, 0.2) is 6.04 Å². The van der Waals surface area contributed by atoms with Gasteiger partial charge in [0.2, 0.25) is 5.91 Å². The Balaban J connectivity index is 1.34. The fraction of sp³-hybridized carbons (Fsp3) is 0.571. The van der Waals surface area contributed by atoms with E-state index in [1.807, 2.05) is 6.07 Å². The molecule has 3 amide bonds. The maximum atomic E-state index is 13.5. The summed E-state index contributed by atoms with van der Waals surface area (Å²) in [5.41, 5.74) is 2.35. The summed E-state index contributed by atoms with van der Waals surface area (Å²) in [5.74, 6) is -1.61. The average molecular weight is 398 g/mol. The lowest BCUT2D eigenvalue weighted by Gasteiger charge is -2.51. The topological polar surface area (TPSA) is 110 Å². The molecule has 0 bridgehead atoms. The molecule has 0 radical (unpaired) electrons. The zero-order valence-electron chi connectivity index (χ0n) is 16.3. The number of nitrogens with one attached hydrogen (secondary N) is 3. The Hall–Kier alpha value is -2.29. The van der Waals surface area contributed by atoms with E-state index >= 15 is 0 Å². The maximum Gasteiger partial charge on any atom is 0.347 e. The molecule has 3 heterocycles. The molecule has 8 nitrogen and oxygen atoms in total. The smallest absolute Gasteiger partial charge is 0.347 e. The van der Waals surface area contributed by atoms with Crippen LogP contribution in [-0.2, 0) is 16.1 Å². The van der Waals surface area contributed by atoms with E-state index in [1.54, 1.807) is 12.1 Å². The van der Waals surface area contributed by atoms with Gasteiger partial charge in [-0.15, -0.1) is 0 Å². The second kappa shape index (κ2) is 6.62. The zero-order valence-corrected chi connectivity index (χ0v) is 16.3. The number of carbonyl (C=O) groups is 3. The summed E-state index contributed by atoms with van der Waals surface area (Å²) in [6, 6.07) is 4.65. The number of nitrogens with zero attached hydrogens (tertiary/aromatic N) is 1. The van der Waals surface area contributed by atoms with Crippen LogP contribution in [0.1, 0.15) is 54.4 Å². The van der Waals surface area contributed by atoms with Crippen molar-refractivity contribution in [2.24, 2.45) is 5.41 Å². The minimum atomic E-state index is -1.23. The predicted octanol–water partition coefficient (Wildman–Crippen LogP) is 1.40. The standard InChI is InChI=1S/C21H26N4O4/c26-18-5-4-17(19(27)24-18)25(29)12-15-14(20(25)28)2-1-3-16(15)23-13-10-21(11-13)6-8-22-9-7-21/h1-3,13,17,22-23H,4-12H2,(H,24,26,27). The minimum Gasteiger partial charge on any atom is -0.624 e. The van der Waals surface area contributed by atoms with Crippen LogP contribution in [0.2, 0.25) is 0 Å². The molecule has 2 unspecified atom stereocenters. The molecule has 2 atom stereocenters. The van der Waals surface area contributed by atoms with Crippen molar-refractivity contribution in [3.05, 3.63) is 34.5 Å². The number of anilines is 1. The molecule has 2 saturated heterocycles. The molecular weight excluding hydrogens is 372 g/mol. The van der Waals surface area contributed by atoms with Gasteiger partial charge in [0, 0.05) is 30.1 Å². The lowest BCUT2D eigenvalue weighted by atomic mass is 9.60. The van der Waals surface area contributed by atoms with Crippen LogP contribution in [0.15, 0.2) is 18.2 Å². The van der Waals surface area contributed by atoms with E-state index in [-0.39, 0.29) is 25.3 Å². The number of hydrogen-bond acceptors (Lipinski definition) is 6. The molecule has 8 heteroatoms. The van der Waals surface area contributed by atoms with Gasteiger partial charge in [-0.3, -0.25) is 19.6 Å². The van der Waals surface area contributed by atoms with Gasteiger partial charge in [0.25, 0.3) is 5.91 Å². The van der Waals surface area contributed by atoms with Crippen LogP contribution >= 0.6 is 0 Å². The first kappa shape index (κ1) is 18.7. The van der Waals surface area contributed by atoms with Gasteiger partial charge in [0.05, 0.1) is 5.56 Å². The van der Waals surface area contributed by atoms with Crippen molar-refractivity contribution >= 4 is 23.4 Å². The van der Waals surface area contributed by atoms with E-state index in [0.717, 1.165) is 31.6 Å². The molecule has 1 aliphatic carbocycles. The first-order valence-corrected chi connectivity index (χ1v) is 10.5. The molecule has 5 rings (SSSR count). The number of quaternary nitrogens is 1. The van der Waals surface area contributed by atoms with Crippen LogP contribution in [0.5, 0.6) is 0 Å². The number of hydroxylamine groups is 3. The van der Waals surface area contributed by atoms with E-state index in [9.17, 15) is 19.6 Å². The van der Waals surface area contributed by atoms with Crippen LogP contribution < -0.4 is 16.0 Å². The minimum absolute atomic E-state index is 0.0641. The van der Waals surface area contributed by atoms with Crippen molar-refractivity contribution in [3.63, 3.8) is 0 Å². The largest absolute Gasteiger partial charge is 0.624 e. The van der Waals surface area contributed by atoms with Crippen LogP contribution in [0, 0.1) is 10.6 Å². The average Bonchev–Trinajstić information content (AvgIpc) is 2.94. The van der Waals surface area contributed by atoms with Gasteiger partial charge < -0.3 is 15.8 Å². The lowest BCUT2D eigenvalue weighted by molar-refractivity contribution is -0.825. The zero-order chi connectivity index (χ0) is 20.2. The molecular formula is C21H26N4O4. The molecule has 29 heavy (non-hydrogen) atoms. The van der Waals surface area contributed by atoms with E-state index in [2.05, 4.69) is 16.0 Å². The van der Waals surface area contributed by atoms with Crippen molar-refractivity contribution in [1.82, 2.24) is 10.6 Å². The molecule has 1 aromatic rings. The summed E-state index contributed by atoms with van der Waals surface area (Å²) in [6.07, 6.45) is 4.81. The van der Waals surface area contributed by atoms with E-state index < -0.39 is 22.5 Å². The van der Waals surface area contributed by atoms with Crippen molar-refractivity contribution in [2.75, 3.05) is 18.4 Å². The lowest BCUT2D eigenvalue weighted by Crippen LogP contribution is -2.60. The van der Waals surface area contributed by atoms with Crippen molar-refractivity contribution in [3.8, 4) is 0 Å². The van der Waals surface area contributed by atoms with Gasteiger partial charge in [-0.2, -0.15) is 0 Å². The Labute approximate surface area is 169 Å². The fourth-order valence-electron chi connectivity index (χ4n) is 5.61. The van der Waals surface area contributed by atoms with Gasteiger partial charge in [0.1, 0.15) is 6.54 Å². The second-order valence-corrected chi connectivity index (χ2v) is 9.06. The molecule has 1 spiro atoms. The third kappa shape index (κ3) is 2.97. The number of hydrogen-bond donors (Lipinski definition) is 3. The Bertz CT molecular complexity index is 887. The summed E-state index contributed by atoms with van der Waals surface area (Å²) in [7, 11) is 0. The SMILES string of the molecule is O=C1CCC([N+]2([O-])Cc3c(NC4CC5(CCNCC5)C4)cccc3C2=O)C(=O)N1. The highest BCUT2D eigenvalue weighted by Gasteiger charge is 2.50. The van der Waals surface area contributed by atoms with Crippen molar-refractivity contribution in [2.45, 2.75) is 57.2 Å². The Kier molecular flexibility index (Phi) is 4.27. The van der Waals surface area contributed by atoms with E-state index in [0.29, 0.717) is 22.6 Å². The molecule has 0 aromatic heterocycles. The molecule has 3 N–H and O–H groups in total. The fourth-order valence-corrected chi connectivity index (χ4v) is 5.61. The molecule has 4 aliphatic rings. The summed E-state index contributed by atoms with van der Waals surface area (Å²) < 4.78 is -1.23. The summed E-state index contributed by atoms with van der Waals surface area (Å²) in [4.78, 5) is 36.7. The number of piperidine rings is 2. The van der Waals surface area contributed by atoms with Gasteiger partial charge in [-0.1, -0.05) is 6.07 Å². The highest BCUT2D eigenvalue weighted by Crippen LogP contribution is 2.49. The second-order valence-electron chi connectivity index (χ2n) is 9.06. The number of carbonyl (C=O) groups excluding carboxylic acids is 3. The maximum absolute atomic E-state index is 13.5. The van der Waals surface area contributed by atoms with Crippen LogP contribution in [-0.4, -0.2) is 47.5 Å². The van der Waals surface area contributed by atoms with Gasteiger partial charge >= 0.3 is 5.91 Å². The third-order valence-corrected chi connectivity index (χ3v) is 7.24. The summed E-state index contributed by atoms with van der Waals surface area (Å²) in [5, 5.41) is 22.7. The van der Waals surface area contributed by atoms with E-state index in [4.69, 9.17) is 0 Å². The normalized spacial score (nSPS) is 31.3. The molecule has 3 aliphatic heterocycles. The Morgan fingerprint density at radius 2 is 1.90 bits per heavy atom. The Morgan fingerprint density at radius 1 is 1.14 bits per heavy atom. The highest BCUT2D eigenvalue weighted by molar-refractivity contribution is 6.02. The molecule has 1 saturated carbocycles. The monoisotopic (exact) mass is 398 g/mol. The summed E-state index contributed by atoms with van der Waals surface area (Å²) in [6.45, 7) is 2.08. The molecule has 1 aromatic carbocycles. The Morgan fingerprint density at radius 3 is 2.62 bits per heavy atom. The van der Waals surface area contributed by atoms with Crippen molar-refractivity contribution < 1.29 is 19.0 Å². The summed E-state index contributed by atoms with van der Waals surface area (Å²) >= 11 is 0. The van der Waals surface area contributed by atoms with Gasteiger partial charge in [-0.05, 0) is 56.3 Å². The van der Waals surface area contributed by atoms with E-state index in [1.165, 1.54) is 12.8 Å². The highest BCUT2D eigenvalue weighted by atomic mass is 16.6. The van der Waals surface area contributed by atoms with Crippen LogP contribution in [0.25, 0.3) is 0 Å². The quantitative estimate of drug-likeness (QED) is 0.403. The predicted molar refractivity (Wildman–Crippen MR) is 105 cm³/mol. The molecule has 154 valence electrons. The van der Waals surface area contributed by atoms with Crippen LogP contribution in [0.3, 0.4) is 0 Å².